The summed E-state index contributed by atoms with van der Waals surface area (Å²) in [6.45, 7) is 3.98. The Kier molecular flexibility index (Phi) is 6.40. The molecule has 0 spiro atoms. The van der Waals surface area contributed by atoms with Crippen molar-refractivity contribution in [2.75, 3.05) is 22.5 Å². The van der Waals surface area contributed by atoms with E-state index in [-0.39, 0.29) is 11.6 Å². The van der Waals surface area contributed by atoms with Gasteiger partial charge in [-0.1, -0.05) is 49.0 Å². The van der Waals surface area contributed by atoms with Gasteiger partial charge in [0.15, 0.2) is 0 Å². The van der Waals surface area contributed by atoms with Gasteiger partial charge in [-0.3, -0.25) is 19.4 Å². The molecule has 3 aromatic carbocycles. The predicted molar refractivity (Wildman–Crippen MR) is 132 cm³/mol. The smallest absolute Gasteiger partial charge is 0.253 e. The number of aromatic nitrogens is 1. The molecule has 33 heavy (non-hydrogen) atoms. The van der Waals surface area contributed by atoms with Crippen molar-refractivity contribution in [1.82, 2.24) is 4.98 Å². The highest BCUT2D eigenvalue weighted by Crippen LogP contribution is 2.26. The Balaban J connectivity index is 1.48. The van der Waals surface area contributed by atoms with E-state index in [4.69, 9.17) is 0 Å². The molecule has 7 heteroatoms. The number of nitrogens with zero attached hydrogens (tertiary/aromatic N) is 1. The first-order valence-electron chi connectivity index (χ1n) is 10.4. The Hall–Kier alpha value is -4.52. The normalized spacial score (nSPS) is 10.5. The van der Waals surface area contributed by atoms with Gasteiger partial charge >= 0.3 is 0 Å². The number of nitrogens with one attached hydrogen (secondary N) is 3. The standard InChI is InChI=1S/C26H22N4O3/c1-2-22(31)29-19-10-6-9-18(15-19)21-16-20(12-14-27-21)30-24-23(25(32)26(24)33)28-13-11-17-7-4-3-5-8-17/h2-10,12,14-16,28H,1,11,13H2,(H,27,30)(H,29,31). The summed E-state index contributed by atoms with van der Waals surface area (Å²) >= 11 is 0. The Morgan fingerprint density at radius 3 is 2.48 bits per heavy atom. The lowest BCUT2D eigenvalue weighted by Crippen LogP contribution is -2.37. The van der Waals surface area contributed by atoms with Crippen molar-refractivity contribution in [2.24, 2.45) is 0 Å². The van der Waals surface area contributed by atoms with Gasteiger partial charge < -0.3 is 16.0 Å². The van der Waals surface area contributed by atoms with Crippen LogP contribution in [0.25, 0.3) is 11.3 Å². The lowest BCUT2D eigenvalue weighted by Gasteiger charge is -2.15. The molecule has 0 fully saturated rings. The van der Waals surface area contributed by atoms with Crippen LogP contribution >= 0.6 is 0 Å². The van der Waals surface area contributed by atoms with Crippen LogP contribution in [-0.4, -0.2) is 17.4 Å². The molecule has 7 nitrogen and oxygen atoms in total. The number of anilines is 4. The van der Waals surface area contributed by atoms with Crippen molar-refractivity contribution < 1.29 is 4.79 Å². The SMILES string of the molecule is C=CC(=O)Nc1cccc(-c2cc(Nc3c(NCCc4ccccc4)c(=O)c3=O)ccn2)c1. The number of benzene rings is 2. The van der Waals surface area contributed by atoms with Crippen LogP contribution in [0.1, 0.15) is 5.56 Å². The summed E-state index contributed by atoms with van der Waals surface area (Å²) in [4.78, 5) is 40.2. The van der Waals surface area contributed by atoms with E-state index in [0.717, 1.165) is 17.5 Å². The fourth-order valence-electron chi connectivity index (χ4n) is 3.42. The minimum absolute atomic E-state index is 0.247. The van der Waals surface area contributed by atoms with Crippen LogP contribution in [0.2, 0.25) is 0 Å². The summed E-state index contributed by atoms with van der Waals surface area (Å²) < 4.78 is 0. The highest BCUT2D eigenvalue weighted by Gasteiger charge is 2.20. The summed E-state index contributed by atoms with van der Waals surface area (Å²) in [6.07, 6.45) is 3.55. The zero-order valence-electron chi connectivity index (χ0n) is 17.8. The van der Waals surface area contributed by atoms with E-state index in [0.29, 0.717) is 29.3 Å². The summed E-state index contributed by atoms with van der Waals surface area (Å²) in [5.74, 6) is -0.303. The monoisotopic (exact) mass is 438 g/mol. The number of carbonyl (C=O) groups excluding carboxylic acids is 1. The quantitative estimate of drug-likeness (QED) is 0.271. The van der Waals surface area contributed by atoms with E-state index >= 15 is 0 Å². The molecule has 1 heterocycles. The molecule has 3 N–H and O–H groups in total. The molecule has 0 atom stereocenters. The zero-order valence-corrected chi connectivity index (χ0v) is 17.8. The Morgan fingerprint density at radius 2 is 1.70 bits per heavy atom. The molecule has 0 radical (unpaired) electrons. The van der Waals surface area contributed by atoms with Crippen molar-refractivity contribution >= 4 is 28.7 Å². The van der Waals surface area contributed by atoms with E-state index in [1.165, 1.54) is 6.08 Å². The molecular formula is C26H22N4O3. The Morgan fingerprint density at radius 1 is 0.909 bits per heavy atom. The average Bonchev–Trinajstić information content (AvgIpc) is 2.86. The summed E-state index contributed by atoms with van der Waals surface area (Å²) in [7, 11) is 0. The zero-order chi connectivity index (χ0) is 23.2. The second-order valence-corrected chi connectivity index (χ2v) is 7.40. The highest BCUT2D eigenvalue weighted by atomic mass is 16.2. The Labute approximate surface area is 190 Å². The molecule has 0 saturated carbocycles. The molecule has 0 saturated heterocycles. The van der Waals surface area contributed by atoms with Crippen LogP contribution in [-0.2, 0) is 11.2 Å². The first-order chi connectivity index (χ1) is 16.0. The van der Waals surface area contributed by atoms with E-state index in [1.54, 1.807) is 36.5 Å². The maximum Gasteiger partial charge on any atom is 0.253 e. The molecule has 0 aliphatic carbocycles. The Bertz CT molecular complexity index is 1370. The predicted octanol–water partition coefficient (Wildman–Crippen LogP) is 3.87. The van der Waals surface area contributed by atoms with Gasteiger partial charge in [-0.15, -0.1) is 0 Å². The van der Waals surface area contributed by atoms with Crippen molar-refractivity contribution in [2.45, 2.75) is 6.42 Å². The lowest BCUT2D eigenvalue weighted by atomic mass is 10.1. The molecule has 1 amide bonds. The van der Waals surface area contributed by atoms with Crippen molar-refractivity contribution in [1.29, 1.82) is 0 Å². The fraction of sp³-hybridized carbons (Fsp3) is 0.0769. The van der Waals surface area contributed by atoms with Crippen molar-refractivity contribution in [3.8, 4) is 11.3 Å². The highest BCUT2D eigenvalue weighted by molar-refractivity contribution is 5.99. The van der Waals surface area contributed by atoms with Gasteiger partial charge in [0, 0.05) is 29.7 Å². The molecule has 0 unspecified atom stereocenters. The molecule has 1 aromatic heterocycles. The number of carbonyl (C=O) groups is 1. The molecule has 164 valence electrons. The van der Waals surface area contributed by atoms with Gasteiger partial charge in [-0.2, -0.15) is 0 Å². The molecule has 0 aliphatic heterocycles. The van der Waals surface area contributed by atoms with Crippen LogP contribution in [0.3, 0.4) is 0 Å². The first-order valence-corrected chi connectivity index (χ1v) is 10.4. The fourth-order valence-corrected chi connectivity index (χ4v) is 3.42. The average molecular weight is 438 g/mol. The van der Waals surface area contributed by atoms with Crippen LogP contribution in [0.4, 0.5) is 22.7 Å². The van der Waals surface area contributed by atoms with Crippen molar-refractivity contribution in [3.05, 3.63) is 112 Å². The van der Waals surface area contributed by atoms with Gasteiger partial charge in [0.2, 0.25) is 5.91 Å². The third-order valence-electron chi connectivity index (χ3n) is 5.11. The second kappa shape index (κ2) is 9.74. The van der Waals surface area contributed by atoms with E-state index in [2.05, 4.69) is 27.5 Å². The van der Waals surface area contributed by atoms with Gasteiger partial charge in [0.05, 0.1) is 5.69 Å². The topological polar surface area (TPSA) is 100 Å². The van der Waals surface area contributed by atoms with Crippen LogP contribution in [0.15, 0.2) is 95.2 Å². The number of hydrogen-bond acceptors (Lipinski definition) is 6. The van der Waals surface area contributed by atoms with Gasteiger partial charge in [0.25, 0.3) is 10.9 Å². The van der Waals surface area contributed by atoms with Crippen LogP contribution < -0.4 is 26.8 Å². The molecule has 0 bridgehead atoms. The maximum atomic E-state index is 12.2. The number of amides is 1. The minimum atomic E-state index is -0.551. The van der Waals surface area contributed by atoms with Crippen LogP contribution in [0, 0.1) is 0 Å². The van der Waals surface area contributed by atoms with E-state index in [9.17, 15) is 14.4 Å². The van der Waals surface area contributed by atoms with Gasteiger partial charge in [0.1, 0.15) is 11.4 Å². The summed E-state index contributed by atoms with van der Waals surface area (Å²) in [5.41, 5.74) is 3.28. The third-order valence-corrected chi connectivity index (χ3v) is 5.11. The largest absolute Gasteiger partial charge is 0.380 e. The first kappa shape index (κ1) is 21.7. The molecule has 4 aromatic rings. The number of rotatable bonds is 9. The lowest BCUT2D eigenvalue weighted by molar-refractivity contribution is -0.111. The summed E-state index contributed by atoms with van der Waals surface area (Å²) in [6, 6.07) is 20.6. The van der Waals surface area contributed by atoms with Gasteiger partial charge in [-0.05, 0) is 42.3 Å². The van der Waals surface area contributed by atoms with Gasteiger partial charge in [-0.25, -0.2) is 0 Å². The summed E-state index contributed by atoms with van der Waals surface area (Å²) in [5, 5.41) is 8.84. The maximum absolute atomic E-state index is 12.2. The van der Waals surface area contributed by atoms with E-state index in [1.807, 2.05) is 36.4 Å². The molecule has 0 aliphatic rings. The van der Waals surface area contributed by atoms with Crippen molar-refractivity contribution in [3.63, 3.8) is 0 Å². The molecular weight excluding hydrogens is 416 g/mol. The van der Waals surface area contributed by atoms with Crippen LogP contribution in [0.5, 0.6) is 0 Å². The number of pyridine rings is 1. The second-order valence-electron chi connectivity index (χ2n) is 7.40. The number of hydrogen-bond donors (Lipinski definition) is 3. The van der Waals surface area contributed by atoms with E-state index < -0.39 is 10.9 Å². The minimum Gasteiger partial charge on any atom is -0.380 e. The third kappa shape index (κ3) is 5.04. The molecule has 4 rings (SSSR count).